The summed E-state index contributed by atoms with van der Waals surface area (Å²) >= 11 is 6.38. The lowest BCUT2D eigenvalue weighted by atomic mass is 9.80. The zero-order valence-corrected chi connectivity index (χ0v) is 16.1. The molecule has 3 nitrogen and oxygen atoms in total. The van der Waals surface area contributed by atoms with Crippen LogP contribution < -0.4 is 5.32 Å². The molecule has 0 spiro atoms. The third-order valence-corrected chi connectivity index (χ3v) is 5.97. The smallest absolute Gasteiger partial charge is 0.253 e. The summed E-state index contributed by atoms with van der Waals surface area (Å²) in [7, 11) is 0. The molecule has 0 saturated heterocycles. The highest BCUT2D eigenvalue weighted by atomic mass is 35.5. The van der Waals surface area contributed by atoms with E-state index >= 15 is 0 Å². The number of amides is 1. The summed E-state index contributed by atoms with van der Waals surface area (Å²) in [6, 6.07) is 5.82. The van der Waals surface area contributed by atoms with Gasteiger partial charge in [0.25, 0.3) is 5.91 Å². The number of nitrogens with one attached hydrogen (secondary N) is 1. The Hall–Kier alpha value is -1.48. The Morgan fingerprint density at radius 3 is 2.60 bits per heavy atom. The topological polar surface area (TPSA) is 34.0 Å². The van der Waals surface area contributed by atoms with E-state index in [0.29, 0.717) is 16.5 Å². The molecule has 2 aromatic rings. The van der Waals surface area contributed by atoms with Crippen LogP contribution in [0.5, 0.6) is 0 Å². The maximum absolute atomic E-state index is 12.8. The van der Waals surface area contributed by atoms with Crippen LogP contribution in [0.15, 0.2) is 24.4 Å². The number of aryl methyl sites for hydroxylation is 1. The standard InChI is InChI=1S/C21H29ClN2O/c1-3-6-15-9-11-16(12-10-15)13-23-21(25)17-14-24(4-2)19-8-5-7-18(22)20(17)19/h5,7-8,14-16H,3-4,6,9-13H2,1-2H3,(H,23,25). The van der Waals surface area contributed by atoms with E-state index in [1.807, 2.05) is 24.4 Å². The number of rotatable bonds is 6. The fourth-order valence-electron chi connectivity index (χ4n) is 4.21. The number of nitrogens with zero attached hydrogens (tertiary/aromatic N) is 1. The van der Waals surface area contributed by atoms with Crippen LogP contribution >= 0.6 is 11.6 Å². The number of halogens is 1. The quantitative estimate of drug-likeness (QED) is 0.709. The first-order valence-corrected chi connectivity index (χ1v) is 10.1. The van der Waals surface area contributed by atoms with Crippen LogP contribution in [0.4, 0.5) is 0 Å². The monoisotopic (exact) mass is 360 g/mol. The molecule has 0 atom stereocenters. The molecule has 3 rings (SSSR count). The Bertz CT molecular complexity index is 729. The van der Waals surface area contributed by atoms with Crippen molar-refractivity contribution < 1.29 is 4.79 Å². The lowest BCUT2D eigenvalue weighted by molar-refractivity contribution is 0.0942. The van der Waals surface area contributed by atoms with Gasteiger partial charge in [-0.25, -0.2) is 0 Å². The van der Waals surface area contributed by atoms with Crippen molar-refractivity contribution in [2.24, 2.45) is 11.8 Å². The van der Waals surface area contributed by atoms with Crippen molar-refractivity contribution in [1.29, 1.82) is 0 Å². The van der Waals surface area contributed by atoms with Crippen LogP contribution in [0, 0.1) is 11.8 Å². The molecule has 1 saturated carbocycles. The molecule has 1 amide bonds. The van der Waals surface area contributed by atoms with Gasteiger partial charge >= 0.3 is 0 Å². The average Bonchev–Trinajstić information content (AvgIpc) is 3.01. The van der Waals surface area contributed by atoms with E-state index in [9.17, 15) is 4.79 Å². The van der Waals surface area contributed by atoms with Gasteiger partial charge in [0.2, 0.25) is 0 Å². The predicted octanol–water partition coefficient (Wildman–Crippen LogP) is 5.65. The molecule has 1 aliphatic carbocycles. The van der Waals surface area contributed by atoms with Crippen LogP contribution in [0.1, 0.15) is 62.7 Å². The Balaban J connectivity index is 1.65. The van der Waals surface area contributed by atoms with Crippen LogP contribution in [0.2, 0.25) is 5.02 Å². The van der Waals surface area contributed by atoms with Crippen molar-refractivity contribution in [2.75, 3.05) is 6.54 Å². The van der Waals surface area contributed by atoms with Gasteiger partial charge in [-0.05, 0) is 43.7 Å². The van der Waals surface area contributed by atoms with E-state index in [0.717, 1.165) is 29.9 Å². The summed E-state index contributed by atoms with van der Waals surface area (Å²) in [6.45, 7) is 5.95. The van der Waals surface area contributed by atoms with Crippen LogP contribution in [-0.2, 0) is 6.54 Å². The average molecular weight is 361 g/mol. The summed E-state index contributed by atoms with van der Waals surface area (Å²) in [5.41, 5.74) is 1.72. The number of fused-ring (bicyclic) bond motifs is 1. The molecule has 1 aliphatic rings. The number of carbonyl (C=O) groups excluding carboxylic acids is 1. The van der Waals surface area contributed by atoms with Crippen molar-refractivity contribution in [3.63, 3.8) is 0 Å². The van der Waals surface area contributed by atoms with Crippen molar-refractivity contribution >= 4 is 28.4 Å². The number of benzene rings is 1. The highest BCUT2D eigenvalue weighted by molar-refractivity contribution is 6.36. The van der Waals surface area contributed by atoms with Gasteiger partial charge in [-0.1, -0.05) is 50.3 Å². The maximum Gasteiger partial charge on any atom is 0.253 e. The minimum absolute atomic E-state index is 0.000909. The fourth-order valence-corrected chi connectivity index (χ4v) is 4.48. The van der Waals surface area contributed by atoms with E-state index in [1.54, 1.807) is 0 Å². The highest BCUT2D eigenvalue weighted by Crippen LogP contribution is 2.32. The normalized spacial score (nSPS) is 20.8. The molecule has 0 bridgehead atoms. The maximum atomic E-state index is 12.8. The number of hydrogen-bond donors (Lipinski definition) is 1. The van der Waals surface area contributed by atoms with Crippen molar-refractivity contribution in [3.8, 4) is 0 Å². The molecule has 0 unspecified atom stereocenters. The molecule has 1 fully saturated rings. The van der Waals surface area contributed by atoms with Crippen LogP contribution in [-0.4, -0.2) is 17.0 Å². The second-order valence-corrected chi connectivity index (χ2v) is 7.76. The Morgan fingerprint density at radius 2 is 1.92 bits per heavy atom. The van der Waals surface area contributed by atoms with Crippen molar-refractivity contribution in [3.05, 3.63) is 35.0 Å². The second-order valence-electron chi connectivity index (χ2n) is 7.35. The summed E-state index contributed by atoms with van der Waals surface area (Å²) in [6.07, 6.45) is 9.68. The highest BCUT2D eigenvalue weighted by Gasteiger charge is 2.22. The van der Waals surface area contributed by atoms with Gasteiger partial charge in [0.15, 0.2) is 0 Å². The van der Waals surface area contributed by atoms with E-state index in [4.69, 9.17) is 11.6 Å². The number of carbonyl (C=O) groups is 1. The van der Waals surface area contributed by atoms with Gasteiger partial charge in [0.05, 0.1) is 16.1 Å². The summed E-state index contributed by atoms with van der Waals surface area (Å²) in [5.74, 6) is 1.52. The van der Waals surface area contributed by atoms with Crippen LogP contribution in [0.3, 0.4) is 0 Å². The van der Waals surface area contributed by atoms with Gasteiger partial charge in [-0.15, -0.1) is 0 Å². The molecule has 1 N–H and O–H groups in total. The van der Waals surface area contributed by atoms with Gasteiger partial charge in [-0.3, -0.25) is 4.79 Å². The van der Waals surface area contributed by atoms with E-state index in [1.165, 1.54) is 38.5 Å². The minimum atomic E-state index is 0.000909. The van der Waals surface area contributed by atoms with Gasteiger partial charge < -0.3 is 9.88 Å². The fraction of sp³-hybridized carbons (Fsp3) is 0.571. The summed E-state index contributed by atoms with van der Waals surface area (Å²) < 4.78 is 2.09. The Kier molecular flexibility index (Phi) is 6.06. The lowest BCUT2D eigenvalue weighted by Gasteiger charge is -2.28. The zero-order valence-electron chi connectivity index (χ0n) is 15.4. The first-order valence-electron chi connectivity index (χ1n) is 9.69. The third kappa shape index (κ3) is 4.03. The molecular weight excluding hydrogens is 332 g/mol. The predicted molar refractivity (Wildman–Crippen MR) is 105 cm³/mol. The molecule has 4 heteroatoms. The zero-order chi connectivity index (χ0) is 17.8. The molecule has 1 heterocycles. The van der Waals surface area contributed by atoms with Crippen LogP contribution in [0.25, 0.3) is 10.9 Å². The molecule has 25 heavy (non-hydrogen) atoms. The third-order valence-electron chi connectivity index (χ3n) is 5.66. The number of hydrogen-bond acceptors (Lipinski definition) is 1. The van der Waals surface area contributed by atoms with E-state index < -0.39 is 0 Å². The molecule has 136 valence electrons. The lowest BCUT2D eigenvalue weighted by Crippen LogP contribution is -2.31. The van der Waals surface area contributed by atoms with E-state index in [-0.39, 0.29) is 5.91 Å². The SMILES string of the molecule is CCCC1CCC(CNC(=O)c2cn(CC)c3cccc(Cl)c23)CC1. The van der Waals surface area contributed by atoms with Gasteiger partial charge in [0.1, 0.15) is 0 Å². The first kappa shape index (κ1) is 18.3. The molecular formula is C21H29ClN2O. The van der Waals surface area contributed by atoms with Crippen molar-refractivity contribution in [1.82, 2.24) is 9.88 Å². The second kappa shape index (κ2) is 8.27. The molecule has 0 radical (unpaired) electrons. The van der Waals surface area contributed by atoms with E-state index in [2.05, 4.69) is 23.7 Å². The largest absolute Gasteiger partial charge is 0.352 e. The van der Waals surface area contributed by atoms with Crippen molar-refractivity contribution in [2.45, 2.75) is 58.9 Å². The van der Waals surface area contributed by atoms with Gasteiger partial charge in [0, 0.05) is 24.7 Å². The molecule has 1 aromatic carbocycles. The summed E-state index contributed by atoms with van der Waals surface area (Å²) in [5, 5.41) is 4.68. The molecule has 1 aromatic heterocycles. The number of aromatic nitrogens is 1. The minimum Gasteiger partial charge on any atom is -0.352 e. The molecule has 0 aliphatic heterocycles. The summed E-state index contributed by atoms with van der Waals surface area (Å²) in [4.78, 5) is 12.8. The Labute approximate surface area is 155 Å². The Morgan fingerprint density at radius 1 is 1.20 bits per heavy atom. The van der Waals surface area contributed by atoms with Gasteiger partial charge in [-0.2, -0.15) is 0 Å². The first-order chi connectivity index (χ1) is 12.1.